The lowest BCUT2D eigenvalue weighted by atomic mass is 10.3. The Morgan fingerprint density at radius 2 is 2.37 bits per heavy atom. The first kappa shape index (κ1) is 12.6. The molecule has 1 saturated carbocycles. The number of nitrogens with one attached hydrogen (secondary N) is 1. The van der Waals surface area contributed by atoms with Crippen molar-refractivity contribution in [1.29, 1.82) is 0 Å². The second kappa shape index (κ2) is 6.12. The summed E-state index contributed by atoms with van der Waals surface area (Å²) in [6.07, 6.45) is 6.08. The number of hydrogen-bond donors (Lipinski definition) is 1. The van der Waals surface area contributed by atoms with Crippen LogP contribution in [0.25, 0.3) is 0 Å². The van der Waals surface area contributed by atoms with Crippen molar-refractivity contribution >= 4 is 11.8 Å². The van der Waals surface area contributed by atoms with Crippen LogP contribution in [0.3, 0.4) is 0 Å². The minimum Gasteiger partial charge on any atom is -0.312 e. The molecule has 7 heteroatoms. The molecule has 1 aliphatic rings. The van der Waals surface area contributed by atoms with Crippen LogP contribution in [0.15, 0.2) is 29.7 Å². The number of tetrazole rings is 1. The van der Waals surface area contributed by atoms with E-state index < -0.39 is 0 Å². The third kappa shape index (κ3) is 3.51. The second-order valence-electron chi connectivity index (χ2n) is 4.52. The number of pyridine rings is 1. The zero-order valence-corrected chi connectivity index (χ0v) is 11.4. The Balaban J connectivity index is 1.38. The summed E-state index contributed by atoms with van der Waals surface area (Å²) in [5.41, 5.74) is 1.20. The molecule has 3 rings (SSSR count). The molecule has 0 spiro atoms. The summed E-state index contributed by atoms with van der Waals surface area (Å²) in [6, 6.07) is 4.57. The molecule has 0 saturated heterocycles. The molecule has 0 aromatic carbocycles. The van der Waals surface area contributed by atoms with Crippen LogP contribution < -0.4 is 5.32 Å². The Hall–Kier alpha value is -1.47. The fourth-order valence-corrected chi connectivity index (χ4v) is 2.62. The van der Waals surface area contributed by atoms with Crippen molar-refractivity contribution in [2.24, 2.45) is 0 Å². The lowest BCUT2D eigenvalue weighted by molar-refractivity contribution is 0.565. The lowest BCUT2D eigenvalue weighted by Gasteiger charge is -2.04. The van der Waals surface area contributed by atoms with Crippen LogP contribution in [0.2, 0.25) is 0 Å². The van der Waals surface area contributed by atoms with E-state index in [1.807, 2.05) is 16.9 Å². The van der Waals surface area contributed by atoms with Gasteiger partial charge in [-0.2, -0.15) is 0 Å². The zero-order valence-electron chi connectivity index (χ0n) is 10.6. The van der Waals surface area contributed by atoms with Gasteiger partial charge in [0.15, 0.2) is 0 Å². The number of rotatable bonds is 7. The van der Waals surface area contributed by atoms with Crippen LogP contribution in [0.4, 0.5) is 0 Å². The van der Waals surface area contributed by atoms with Crippen LogP contribution in [0.5, 0.6) is 0 Å². The summed E-state index contributed by atoms with van der Waals surface area (Å²) in [6.45, 7) is 1.78. The Labute approximate surface area is 116 Å². The maximum atomic E-state index is 4.09. The summed E-state index contributed by atoms with van der Waals surface area (Å²) in [7, 11) is 0. The molecule has 0 bridgehead atoms. The average molecular weight is 276 g/mol. The van der Waals surface area contributed by atoms with Gasteiger partial charge in [-0.3, -0.25) is 4.98 Å². The van der Waals surface area contributed by atoms with Crippen LogP contribution in [-0.4, -0.2) is 37.5 Å². The van der Waals surface area contributed by atoms with Crippen LogP contribution in [0, 0.1) is 0 Å². The van der Waals surface area contributed by atoms with Gasteiger partial charge in [-0.15, -0.1) is 5.10 Å². The van der Waals surface area contributed by atoms with Gasteiger partial charge in [0.25, 0.3) is 0 Å². The van der Waals surface area contributed by atoms with E-state index in [4.69, 9.17) is 0 Å². The Morgan fingerprint density at radius 3 is 3.16 bits per heavy atom. The molecule has 0 unspecified atom stereocenters. The van der Waals surface area contributed by atoms with Crippen LogP contribution >= 0.6 is 11.8 Å². The standard InChI is InChI=1S/C12H16N6S/c1-2-10(8-13-5-1)9-14-6-7-19-12-15-16-17-18(12)11-3-4-11/h1-2,5,8,11,14H,3-4,6-7,9H2. The molecule has 2 aromatic heterocycles. The Morgan fingerprint density at radius 1 is 1.42 bits per heavy atom. The van der Waals surface area contributed by atoms with Gasteiger partial charge in [-0.1, -0.05) is 17.8 Å². The van der Waals surface area contributed by atoms with E-state index >= 15 is 0 Å². The van der Waals surface area contributed by atoms with E-state index in [1.165, 1.54) is 18.4 Å². The monoisotopic (exact) mass is 276 g/mol. The van der Waals surface area contributed by atoms with Crippen LogP contribution in [-0.2, 0) is 6.54 Å². The van der Waals surface area contributed by atoms with Gasteiger partial charge in [0.1, 0.15) is 0 Å². The highest BCUT2D eigenvalue weighted by Crippen LogP contribution is 2.36. The minimum absolute atomic E-state index is 0.542. The van der Waals surface area contributed by atoms with E-state index in [9.17, 15) is 0 Å². The minimum atomic E-state index is 0.542. The fourth-order valence-electron chi connectivity index (χ4n) is 1.78. The molecule has 0 atom stereocenters. The maximum Gasteiger partial charge on any atom is 0.209 e. The Bertz CT molecular complexity index is 510. The second-order valence-corrected chi connectivity index (χ2v) is 5.59. The van der Waals surface area contributed by atoms with E-state index in [2.05, 4.69) is 31.9 Å². The predicted molar refractivity (Wildman–Crippen MR) is 72.8 cm³/mol. The van der Waals surface area contributed by atoms with E-state index in [0.717, 1.165) is 24.0 Å². The zero-order chi connectivity index (χ0) is 12.9. The average Bonchev–Trinajstić information content (AvgIpc) is 3.19. The molecular formula is C12H16N6S. The van der Waals surface area contributed by atoms with E-state index in [-0.39, 0.29) is 0 Å². The fraction of sp³-hybridized carbons (Fsp3) is 0.500. The molecule has 1 aliphatic carbocycles. The topological polar surface area (TPSA) is 68.5 Å². The molecule has 2 aromatic rings. The van der Waals surface area contributed by atoms with Gasteiger partial charge in [0, 0.05) is 31.2 Å². The number of thioether (sulfide) groups is 1. The smallest absolute Gasteiger partial charge is 0.209 e. The number of hydrogen-bond acceptors (Lipinski definition) is 6. The molecule has 2 heterocycles. The lowest BCUT2D eigenvalue weighted by Crippen LogP contribution is -2.16. The predicted octanol–water partition coefficient (Wildman–Crippen LogP) is 1.28. The summed E-state index contributed by atoms with van der Waals surface area (Å²) >= 11 is 1.71. The molecule has 6 nitrogen and oxygen atoms in total. The first-order valence-corrected chi connectivity index (χ1v) is 7.42. The summed E-state index contributed by atoms with van der Waals surface area (Å²) < 4.78 is 1.95. The summed E-state index contributed by atoms with van der Waals surface area (Å²) in [5.74, 6) is 0.966. The van der Waals surface area contributed by atoms with E-state index in [1.54, 1.807) is 18.0 Å². The maximum absolute atomic E-state index is 4.09. The van der Waals surface area contributed by atoms with Crippen molar-refractivity contribution in [3.8, 4) is 0 Å². The molecular weight excluding hydrogens is 260 g/mol. The largest absolute Gasteiger partial charge is 0.312 e. The van der Waals surface area contributed by atoms with Crippen molar-refractivity contribution < 1.29 is 0 Å². The quantitative estimate of drug-likeness (QED) is 0.607. The van der Waals surface area contributed by atoms with Gasteiger partial charge in [0.05, 0.1) is 6.04 Å². The molecule has 0 radical (unpaired) electrons. The molecule has 100 valence electrons. The van der Waals surface area contributed by atoms with Crippen molar-refractivity contribution in [2.45, 2.75) is 30.6 Å². The van der Waals surface area contributed by atoms with Crippen molar-refractivity contribution in [1.82, 2.24) is 30.5 Å². The third-order valence-corrected chi connectivity index (χ3v) is 3.85. The van der Waals surface area contributed by atoms with Gasteiger partial charge < -0.3 is 5.32 Å². The number of aromatic nitrogens is 5. The highest BCUT2D eigenvalue weighted by atomic mass is 32.2. The molecule has 0 aliphatic heterocycles. The van der Waals surface area contributed by atoms with Crippen LogP contribution in [0.1, 0.15) is 24.4 Å². The van der Waals surface area contributed by atoms with Gasteiger partial charge in [-0.25, -0.2) is 4.68 Å². The molecule has 19 heavy (non-hydrogen) atoms. The third-order valence-electron chi connectivity index (χ3n) is 2.92. The molecule has 1 fully saturated rings. The highest BCUT2D eigenvalue weighted by molar-refractivity contribution is 7.99. The van der Waals surface area contributed by atoms with Gasteiger partial charge >= 0.3 is 0 Å². The van der Waals surface area contributed by atoms with Crippen molar-refractivity contribution in [2.75, 3.05) is 12.3 Å². The van der Waals surface area contributed by atoms with Crippen molar-refractivity contribution in [3.05, 3.63) is 30.1 Å². The van der Waals surface area contributed by atoms with Gasteiger partial charge in [0.2, 0.25) is 5.16 Å². The summed E-state index contributed by atoms with van der Waals surface area (Å²) in [4.78, 5) is 4.09. The highest BCUT2D eigenvalue weighted by Gasteiger charge is 2.27. The van der Waals surface area contributed by atoms with Crippen molar-refractivity contribution in [3.63, 3.8) is 0 Å². The van der Waals surface area contributed by atoms with Gasteiger partial charge in [-0.05, 0) is 34.9 Å². The molecule has 1 N–H and O–H groups in total. The summed E-state index contributed by atoms with van der Waals surface area (Å²) in [5, 5.41) is 16.2. The SMILES string of the molecule is c1cncc(CNCCSc2nnnn2C2CC2)c1. The normalized spacial score (nSPS) is 14.7. The Kier molecular flexibility index (Phi) is 4.04. The molecule has 0 amide bonds. The van der Waals surface area contributed by atoms with E-state index in [0.29, 0.717) is 6.04 Å². The first-order chi connectivity index (χ1) is 9.43. The first-order valence-electron chi connectivity index (χ1n) is 6.44. The number of nitrogens with zero attached hydrogens (tertiary/aromatic N) is 5.